The molecule has 0 saturated heterocycles. The predicted molar refractivity (Wildman–Crippen MR) is 12.4 cm³/mol. The molecule has 0 amide bonds. The van der Waals surface area contributed by atoms with Crippen LogP contribution in [0.2, 0.25) is 0 Å². The fraction of sp³-hybridized carbons (Fsp3) is 0. The fourth-order valence-electron chi connectivity index (χ4n) is 0. The Bertz CT molecular complexity index is 11.6. The van der Waals surface area contributed by atoms with E-state index < -0.39 is 7.32 Å². The van der Waals surface area contributed by atoms with E-state index in [4.69, 9.17) is 15.1 Å². The molecule has 0 spiro atoms. The number of hydrogen-bond donors (Lipinski definition) is 3. The summed E-state index contributed by atoms with van der Waals surface area (Å²) < 4.78 is 0. The van der Waals surface area contributed by atoms with Crippen LogP contribution < -0.4 is 0 Å². The first kappa shape index (κ1) is 9.57. The average Bonchev–Trinajstić information content (AvgIpc) is 0.811. The van der Waals surface area contributed by atoms with Gasteiger partial charge in [-0.1, -0.05) is 0 Å². The maximum atomic E-state index is 7.17. The van der Waals surface area contributed by atoms with Crippen molar-refractivity contribution < 1.29 is 55.9 Å². The van der Waals surface area contributed by atoms with Gasteiger partial charge in [0, 0.05) is 40.8 Å². The molecule has 0 aromatic rings. The van der Waals surface area contributed by atoms with Crippen LogP contribution in [0.3, 0.4) is 0 Å². The minimum absolute atomic E-state index is 0. The second-order valence-electron chi connectivity index (χ2n) is 0.346. The van der Waals surface area contributed by atoms with E-state index in [9.17, 15) is 0 Å². The second-order valence-corrected chi connectivity index (χ2v) is 0.346. The molecular weight excluding hydrogens is 203 g/mol. The molecule has 0 aliphatic rings. The third kappa shape index (κ3) is 34.3. The van der Waals surface area contributed by atoms with Gasteiger partial charge in [-0.25, -0.2) is 0 Å². The summed E-state index contributed by atoms with van der Waals surface area (Å²) in [5.74, 6) is 0. The molecule has 0 saturated carbocycles. The van der Waals surface area contributed by atoms with Crippen LogP contribution >= 0.6 is 0 Å². The van der Waals surface area contributed by atoms with Crippen molar-refractivity contribution in [1.82, 2.24) is 0 Å². The van der Waals surface area contributed by atoms with Crippen molar-refractivity contribution in [3.63, 3.8) is 0 Å². The Morgan fingerprint density at radius 3 is 1.00 bits per heavy atom. The summed E-state index contributed by atoms with van der Waals surface area (Å²) in [5, 5.41) is 21.5. The van der Waals surface area contributed by atoms with Gasteiger partial charge < -0.3 is 15.1 Å². The van der Waals surface area contributed by atoms with Crippen molar-refractivity contribution in [3.8, 4) is 0 Å². The summed E-state index contributed by atoms with van der Waals surface area (Å²) in [6.07, 6.45) is 0. The Labute approximate surface area is 62.7 Å². The van der Waals surface area contributed by atoms with Crippen LogP contribution in [0, 0.1) is 40.8 Å². The Morgan fingerprint density at radius 2 is 1.00 bits per heavy atom. The van der Waals surface area contributed by atoms with Crippen LogP contribution in [0.1, 0.15) is 0 Å². The first-order valence-corrected chi connectivity index (χ1v) is 0.775. The van der Waals surface area contributed by atoms with Crippen LogP contribution in [-0.2, 0) is 0 Å². The van der Waals surface area contributed by atoms with Crippen LogP contribution in [0.5, 0.6) is 0 Å². The molecule has 3 nitrogen and oxygen atoms in total. The van der Waals surface area contributed by atoms with Gasteiger partial charge in [-0.2, -0.15) is 0 Å². The Morgan fingerprint density at radius 1 is 1.00 bits per heavy atom. The van der Waals surface area contributed by atoms with Gasteiger partial charge in [0.05, 0.1) is 0 Å². The van der Waals surface area contributed by atoms with E-state index in [-0.39, 0.29) is 40.8 Å². The molecule has 28 valence electrons. The summed E-state index contributed by atoms with van der Waals surface area (Å²) in [6.45, 7) is 0. The summed E-state index contributed by atoms with van der Waals surface area (Å²) in [7, 11) is -2.17. The second kappa shape index (κ2) is 5.30. The zero-order chi connectivity index (χ0) is 3.58. The third-order valence-electron chi connectivity index (χ3n) is 0. The summed E-state index contributed by atoms with van der Waals surface area (Å²) in [6, 6.07) is 0. The zero-order valence-electron chi connectivity index (χ0n) is 2.42. The maximum absolute atomic E-state index is 7.17. The van der Waals surface area contributed by atoms with Crippen molar-refractivity contribution in [2.24, 2.45) is 0 Å². The Kier molecular flexibility index (Phi) is 10.1. The zero-order valence-corrected chi connectivity index (χ0v) is 5.63. The number of rotatable bonds is 0. The molecule has 0 aliphatic heterocycles. The van der Waals surface area contributed by atoms with Crippen LogP contribution in [0.15, 0.2) is 0 Å². The summed E-state index contributed by atoms with van der Waals surface area (Å²) in [5.41, 5.74) is 0. The van der Waals surface area contributed by atoms with Crippen molar-refractivity contribution in [2.75, 3.05) is 0 Å². The summed E-state index contributed by atoms with van der Waals surface area (Å²) >= 11 is 0. The van der Waals surface area contributed by atoms with Crippen molar-refractivity contribution in [2.45, 2.75) is 0 Å². The fourth-order valence-corrected chi connectivity index (χ4v) is 0. The van der Waals surface area contributed by atoms with E-state index >= 15 is 0 Å². The summed E-state index contributed by atoms with van der Waals surface area (Å²) in [4.78, 5) is 0. The van der Waals surface area contributed by atoms with Gasteiger partial charge in [-0.3, -0.25) is 0 Å². The van der Waals surface area contributed by atoms with Gasteiger partial charge in [0.1, 0.15) is 0 Å². The molecule has 0 rings (SSSR count). The van der Waals surface area contributed by atoms with Gasteiger partial charge in [-0.15, -0.1) is 0 Å². The molecule has 3 N–H and O–H groups in total. The molecule has 0 aliphatic carbocycles. The molecule has 0 aromatic carbocycles. The van der Waals surface area contributed by atoms with Gasteiger partial charge >= 0.3 is 7.32 Å². The van der Waals surface area contributed by atoms with Crippen LogP contribution in [0.25, 0.3) is 0 Å². The molecule has 0 atom stereocenters. The van der Waals surface area contributed by atoms with Gasteiger partial charge in [0.2, 0.25) is 0 Å². The monoisotopic (exact) mass is 204 g/mol. The molecule has 5 heteroatoms. The predicted octanol–water partition coefficient (Wildman–Crippen LogP) is -2.05. The van der Waals surface area contributed by atoms with E-state index in [1.807, 2.05) is 0 Å². The minimum atomic E-state index is -2.17. The Balaban J connectivity index is 0. The van der Waals surface area contributed by atoms with Gasteiger partial charge in [-0.05, 0) is 0 Å². The molecule has 0 unspecified atom stereocenters. The van der Waals surface area contributed by atoms with Crippen LogP contribution in [0.4, 0.5) is 0 Å². The standard InChI is InChI=1S/BH3O3.Nd/c2-1(3)4;/h2-4H;. The molecule has 0 bridgehead atoms. The van der Waals surface area contributed by atoms with E-state index in [2.05, 4.69) is 0 Å². The molecule has 0 fully saturated rings. The molecule has 0 heterocycles. The average molecular weight is 206 g/mol. The first-order valence-electron chi connectivity index (χ1n) is 0.775. The largest absolute Gasteiger partial charge is 0.631 e. The number of hydrogen-bond acceptors (Lipinski definition) is 3. The normalized spacial score (nSPS) is 5.40. The Hall–Kier alpha value is 1.30. The van der Waals surface area contributed by atoms with E-state index in [0.29, 0.717) is 0 Å². The van der Waals surface area contributed by atoms with Gasteiger partial charge in [0.25, 0.3) is 0 Å². The van der Waals surface area contributed by atoms with E-state index in [1.165, 1.54) is 0 Å². The molecule has 0 aromatic heterocycles. The third-order valence-corrected chi connectivity index (χ3v) is 0. The quantitative estimate of drug-likeness (QED) is 0.400. The minimum Gasteiger partial charge on any atom is -0.402 e. The smallest absolute Gasteiger partial charge is 0.402 e. The van der Waals surface area contributed by atoms with Gasteiger partial charge in [0.15, 0.2) is 0 Å². The SMILES string of the molecule is OB(O)O.[Nd]. The van der Waals surface area contributed by atoms with Crippen LogP contribution in [-0.4, -0.2) is 22.4 Å². The molecule has 5 heavy (non-hydrogen) atoms. The maximum Gasteiger partial charge on any atom is 0.631 e. The van der Waals surface area contributed by atoms with Crippen molar-refractivity contribution in [3.05, 3.63) is 0 Å². The van der Waals surface area contributed by atoms with Crippen molar-refractivity contribution >= 4 is 7.32 Å². The molecular formula is H3BNdO3. The topological polar surface area (TPSA) is 60.7 Å². The van der Waals surface area contributed by atoms with E-state index in [1.54, 1.807) is 0 Å². The first-order chi connectivity index (χ1) is 1.73. The van der Waals surface area contributed by atoms with E-state index in [0.717, 1.165) is 0 Å². The van der Waals surface area contributed by atoms with Crippen molar-refractivity contribution in [1.29, 1.82) is 0 Å². The molecule has 0 radical (unpaired) electrons.